The summed E-state index contributed by atoms with van der Waals surface area (Å²) in [5.74, 6) is -0.361. The van der Waals surface area contributed by atoms with Gasteiger partial charge in [-0.15, -0.1) is 0 Å². The first-order valence-corrected chi connectivity index (χ1v) is 13.3. The summed E-state index contributed by atoms with van der Waals surface area (Å²) in [6, 6.07) is 24.9. The summed E-state index contributed by atoms with van der Waals surface area (Å²) in [4.78, 5) is 40.1. The first kappa shape index (κ1) is 26.2. The Morgan fingerprint density at radius 3 is 2.36 bits per heavy atom. The van der Waals surface area contributed by atoms with E-state index in [-0.39, 0.29) is 5.57 Å². The Bertz CT molecular complexity index is 1580. The van der Waals surface area contributed by atoms with Crippen molar-refractivity contribution in [2.75, 3.05) is 11.5 Å². The highest BCUT2D eigenvalue weighted by Gasteiger charge is 2.37. The molecule has 0 aromatic heterocycles. The molecule has 1 aliphatic rings. The molecule has 1 aliphatic heterocycles. The van der Waals surface area contributed by atoms with Crippen molar-refractivity contribution in [3.8, 4) is 11.5 Å². The summed E-state index contributed by atoms with van der Waals surface area (Å²) in [5.41, 5.74) is 1.68. The van der Waals surface area contributed by atoms with Crippen LogP contribution in [0.15, 0.2) is 95.0 Å². The number of hydrogen-bond donors (Lipinski definition) is 1. The lowest BCUT2D eigenvalue weighted by Crippen LogP contribution is -2.54. The zero-order valence-electron chi connectivity index (χ0n) is 21.1. The fourth-order valence-corrected chi connectivity index (χ4v) is 4.50. The van der Waals surface area contributed by atoms with E-state index in [0.29, 0.717) is 36.0 Å². The van der Waals surface area contributed by atoms with Crippen molar-refractivity contribution in [3.63, 3.8) is 0 Å². The second-order valence-electron chi connectivity index (χ2n) is 8.91. The predicted octanol–water partition coefficient (Wildman–Crippen LogP) is 6.64. The molecule has 0 bridgehead atoms. The number of urea groups is 1. The number of nitrogens with zero attached hydrogens (tertiary/aromatic N) is 1. The Balaban J connectivity index is 1.51. The molecule has 4 aromatic rings. The van der Waals surface area contributed by atoms with Crippen LogP contribution < -0.4 is 19.7 Å². The molecule has 7 nitrogen and oxygen atoms in total. The van der Waals surface area contributed by atoms with Crippen molar-refractivity contribution < 1.29 is 23.9 Å². The number of rotatable bonds is 8. The van der Waals surface area contributed by atoms with Crippen LogP contribution >= 0.6 is 15.9 Å². The molecule has 0 unspecified atom stereocenters. The number of amides is 4. The number of hydrogen-bond acceptors (Lipinski definition) is 5. The van der Waals surface area contributed by atoms with Crippen molar-refractivity contribution in [2.24, 2.45) is 0 Å². The van der Waals surface area contributed by atoms with Gasteiger partial charge in [0.15, 0.2) is 0 Å². The van der Waals surface area contributed by atoms with Gasteiger partial charge in [-0.2, -0.15) is 0 Å². The van der Waals surface area contributed by atoms with E-state index >= 15 is 0 Å². The molecule has 8 heteroatoms. The maximum Gasteiger partial charge on any atom is 0.335 e. The van der Waals surface area contributed by atoms with Gasteiger partial charge in [0.2, 0.25) is 0 Å². The number of imide groups is 2. The first-order chi connectivity index (χ1) is 18.9. The van der Waals surface area contributed by atoms with Crippen molar-refractivity contribution in [1.29, 1.82) is 0 Å². The molecule has 5 rings (SSSR count). The normalized spacial score (nSPS) is 14.6. The van der Waals surface area contributed by atoms with Crippen LogP contribution in [0.25, 0.3) is 16.8 Å². The Kier molecular flexibility index (Phi) is 7.74. The number of carbonyl (C=O) groups is 3. The molecule has 4 amide bonds. The van der Waals surface area contributed by atoms with Gasteiger partial charge in [-0.05, 0) is 71.3 Å². The minimum Gasteiger partial charge on any atom is -0.494 e. The van der Waals surface area contributed by atoms with Crippen LogP contribution in [-0.2, 0) is 16.2 Å². The Labute approximate surface area is 234 Å². The van der Waals surface area contributed by atoms with E-state index in [9.17, 15) is 14.4 Å². The molecule has 39 heavy (non-hydrogen) atoms. The molecular formula is C31H25BrN2O5. The fraction of sp³-hybridized carbons (Fsp3) is 0.129. The van der Waals surface area contributed by atoms with E-state index in [1.807, 2.05) is 67.6 Å². The molecule has 1 saturated heterocycles. The summed E-state index contributed by atoms with van der Waals surface area (Å²) in [6.45, 7) is 2.85. The molecule has 0 atom stereocenters. The number of ether oxygens (including phenoxy) is 2. The SMILES string of the molecule is CCCOc1ccc(N2C(=O)NC(=O)/C(=C/c3c(OCc4ccc(Br)cc4)ccc4ccccc34)C2=O)cc1. The topological polar surface area (TPSA) is 84.9 Å². The maximum absolute atomic E-state index is 13.6. The maximum atomic E-state index is 13.6. The lowest BCUT2D eigenvalue weighted by atomic mass is 9.99. The molecule has 0 saturated carbocycles. The quantitative estimate of drug-likeness (QED) is 0.185. The first-order valence-electron chi connectivity index (χ1n) is 12.5. The third-order valence-corrected chi connectivity index (χ3v) is 6.73. The largest absolute Gasteiger partial charge is 0.494 e. The number of benzene rings is 4. The van der Waals surface area contributed by atoms with E-state index in [4.69, 9.17) is 9.47 Å². The van der Waals surface area contributed by atoms with Gasteiger partial charge in [-0.3, -0.25) is 14.9 Å². The van der Waals surface area contributed by atoms with Crippen molar-refractivity contribution in [2.45, 2.75) is 20.0 Å². The van der Waals surface area contributed by atoms with Gasteiger partial charge in [0.25, 0.3) is 11.8 Å². The number of halogens is 1. The highest BCUT2D eigenvalue weighted by Crippen LogP contribution is 2.32. The third-order valence-electron chi connectivity index (χ3n) is 6.20. The summed E-state index contributed by atoms with van der Waals surface area (Å²) < 4.78 is 12.7. The van der Waals surface area contributed by atoms with Crippen molar-refractivity contribution in [3.05, 3.63) is 106 Å². The number of anilines is 1. The van der Waals surface area contributed by atoms with Gasteiger partial charge < -0.3 is 9.47 Å². The van der Waals surface area contributed by atoms with Crippen molar-refractivity contribution >= 4 is 56.3 Å². The van der Waals surface area contributed by atoms with Gasteiger partial charge in [0, 0.05) is 10.0 Å². The van der Waals surface area contributed by atoms with Gasteiger partial charge in [0.1, 0.15) is 23.7 Å². The lowest BCUT2D eigenvalue weighted by Gasteiger charge is -2.26. The van der Waals surface area contributed by atoms with Crippen LogP contribution in [0.3, 0.4) is 0 Å². The Morgan fingerprint density at radius 2 is 1.62 bits per heavy atom. The van der Waals surface area contributed by atoms with Gasteiger partial charge in [-0.1, -0.05) is 65.3 Å². The van der Waals surface area contributed by atoms with E-state index in [1.54, 1.807) is 24.3 Å². The average Bonchev–Trinajstić information content (AvgIpc) is 2.94. The highest BCUT2D eigenvalue weighted by atomic mass is 79.9. The molecule has 1 heterocycles. The molecule has 0 radical (unpaired) electrons. The fourth-order valence-electron chi connectivity index (χ4n) is 4.24. The zero-order valence-corrected chi connectivity index (χ0v) is 22.7. The summed E-state index contributed by atoms with van der Waals surface area (Å²) >= 11 is 3.43. The average molecular weight is 585 g/mol. The summed E-state index contributed by atoms with van der Waals surface area (Å²) in [7, 11) is 0. The molecule has 4 aromatic carbocycles. The molecule has 1 N–H and O–H groups in total. The number of nitrogens with one attached hydrogen (secondary N) is 1. The second-order valence-corrected chi connectivity index (χ2v) is 9.83. The number of fused-ring (bicyclic) bond motifs is 1. The second kappa shape index (κ2) is 11.5. The van der Waals surface area contributed by atoms with Gasteiger partial charge >= 0.3 is 6.03 Å². The molecular weight excluding hydrogens is 560 g/mol. The number of carbonyl (C=O) groups excluding carboxylic acids is 3. The van der Waals surface area contributed by atoms with Crippen LogP contribution in [0.4, 0.5) is 10.5 Å². The van der Waals surface area contributed by atoms with Gasteiger partial charge in [-0.25, -0.2) is 9.69 Å². The van der Waals surface area contributed by atoms with E-state index in [0.717, 1.165) is 32.1 Å². The molecule has 196 valence electrons. The molecule has 0 spiro atoms. The smallest absolute Gasteiger partial charge is 0.335 e. The van der Waals surface area contributed by atoms with Crippen LogP contribution in [0.5, 0.6) is 11.5 Å². The van der Waals surface area contributed by atoms with Crippen molar-refractivity contribution in [1.82, 2.24) is 5.32 Å². The minimum atomic E-state index is -0.811. The van der Waals surface area contributed by atoms with Crippen LogP contribution in [0, 0.1) is 0 Å². The number of barbiturate groups is 1. The zero-order chi connectivity index (χ0) is 27.4. The van der Waals surface area contributed by atoms with E-state index in [1.165, 1.54) is 6.08 Å². The Morgan fingerprint density at radius 1 is 0.872 bits per heavy atom. The van der Waals surface area contributed by atoms with Crippen LogP contribution in [0.1, 0.15) is 24.5 Å². The predicted molar refractivity (Wildman–Crippen MR) is 154 cm³/mol. The monoisotopic (exact) mass is 584 g/mol. The minimum absolute atomic E-state index is 0.175. The summed E-state index contributed by atoms with van der Waals surface area (Å²) in [5, 5.41) is 4.01. The Hall–Kier alpha value is -4.43. The third kappa shape index (κ3) is 5.71. The molecule has 1 fully saturated rings. The van der Waals surface area contributed by atoms with E-state index in [2.05, 4.69) is 21.2 Å². The summed E-state index contributed by atoms with van der Waals surface area (Å²) in [6.07, 6.45) is 2.35. The van der Waals surface area contributed by atoms with Gasteiger partial charge in [0.05, 0.1) is 12.3 Å². The standard InChI is InChI=1S/C31H25BrN2O5/c1-2-17-38-24-14-12-23(13-15-24)34-30(36)27(29(35)33-31(34)37)18-26-25-6-4-3-5-21(25)9-16-28(26)39-19-20-7-10-22(32)11-8-20/h3-16,18H,2,17,19H2,1H3,(H,33,35,37)/b27-18-. The van der Waals surface area contributed by atoms with Crippen LogP contribution in [0.2, 0.25) is 0 Å². The highest BCUT2D eigenvalue weighted by molar-refractivity contribution is 9.10. The lowest BCUT2D eigenvalue weighted by molar-refractivity contribution is -0.122. The van der Waals surface area contributed by atoms with Crippen LogP contribution in [-0.4, -0.2) is 24.5 Å². The molecule has 0 aliphatic carbocycles. The van der Waals surface area contributed by atoms with E-state index < -0.39 is 17.8 Å².